The Labute approximate surface area is 120 Å². The van der Waals surface area contributed by atoms with Crippen LogP contribution in [0.1, 0.15) is 31.4 Å². The molecule has 6 heteroatoms. The van der Waals surface area contributed by atoms with Gasteiger partial charge in [0.2, 0.25) is 10.0 Å². The molecule has 0 radical (unpaired) electrons. The first kappa shape index (κ1) is 15.4. The average Bonchev–Trinajstić information content (AvgIpc) is 2.67. The van der Waals surface area contributed by atoms with E-state index in [9.17, 15) is 8.42 Å². The fraction of sp³-hybridized carbons (Fsp3) is 0.571. The van der Waals surface area contributed by atoms with Crippen LogP contribution in [0, 0.1) is 6.92 Å². The van der Waals surface area contributed by atoms with Gasteiger partial charge in [0.05, 0.1) is 16.5 Å². The minimum Gasteiger partial charge on any atom is -0.376 e. The first-order valence-electron chi connectivity index (χ1n) is 6.74. The molecule has 2 atom stereocenters. The van der Waals surface area contributed by atoms with E-state index < -0.39 is 15.6 Å². The molecule has 0 amide bonds. The van der Waals surface area contributed by atoms with Gasteiger partial charge in [0, 0.05) is 13.2 Å². The number of benzene rings is 1. The van der Waals surface area contributed by atoms with Crippen LogP contribution in [0.5, 0.6) is 0 Å². The van der Waals surface area contributed by atoms with Crippen molar-refractivity contribution in [3.05, 3.63) is 29.3 Å². The van der Waals surface area contributed by atoms with Crippen molar-refractivity contribution in [1.82, 2.24) is 4.72 Å². The second kappa shape index (κ2) is 5.44. The Bertz CT molecular complexity index is 600. The highest BCUT2D eigenvalue weighted by atomic mass is 32.2. The maximum absolute atomic E-state index is 12.6. The third-order valence-corrected chi connectivity index (χ3v) is 5.79. The van der Waals surface area contributed by atoms with E-state index in [-0.39, 0.29) is 6.10 Å². The lowest BCUT2D eigenvalue weighted by Gasteiger charge is -2.28. The van der Waals surface area contributed by atoms with Gasteiger partial charge in [-0.05, 0) is 44.4 Å². The van der Waals surface area contributed by atoms with Gasteiger partial charge in [0.25, 0.3) is 0 Å². The van der Waals surface area contributed by atoms with Crippen molar-refractivity contribution >= 4 is 10.0 Å². The topological polar surface area (TPSA) is 81.4 Å². The fourth-order valence-electron chi connectivity index (χ4n) is 2.47. The molecule has 5 nitrogen and oxygen atoms in total. The highest BCUT2D eigenvalue weighted by Crippen LogP contribution is 2.28. The van der Waals surface area contributed by atoms with E-state index in [1.807, 2.05) is 19.9 Å². The van der Waals surface area contributed by atoms with Gasteiger partial charge >= 0.3 is 0 Å². The molecular formula is C14H22N2O3S. The summed E-state index contributed by atoms with van der Waals surface area (Å²) in [7, 11) is -3.56. The van der Waals surface area contributed by atoms with Crippen molar-refractivity contribution in [3.63, 3.8) is 0 Å². The summed E-state index contributed by atoms with van der Waals surface area (Å²) in [6.07, 6.45) is 0.536. The summed E-state index contributed by atoms with van der Waals surface area (Å²) in [5.41, 5.74) is 6.64. The van der Waals surface area contributed by atoms with Crippen LogP contribution in [0.4, 0.5) is 0 Å². The Morgan fingerprint density at radius 1 is 1.50 bits per heavy atom. The Balaban J connectivity index is 2.31. The second-order valence-electron chi connectivity index (χ2n) is 5.59. The van der Waals surface area contributed by atoms with Gasteiger partial charge in [-0.1, -0.05) is 12.1 Å². The zero-order chi connectivity index (χ0) is 15.0. The van der Waals surface area contributed by atoms with Crippen molar-refractivity contribution in [3.8, 4) is 0 Å². The molecule has 2 unspecified atom stereocenters. The SMILES string of the molecule is Cc1cc(CN)ccc1S(=O)(=O)NC1(C)CCOC1C. The number of rotatable bonds is 4. The minimum absolute atomic E-state index is 0.138. The molecule has 0 aromatic heterocycles. The third kappa shape index (κ3) is 2.88. The first-order valence-corrected chi connectivity index (χ1v) is 8.22. The Hall–Kier alpha value is -0.950. The van der Waals surface area contributed by atoms with Crippen molar-refractivity contribution in [2.24, 2.45) is 5.73 Å². The van der Waals surface area contributed by atoms with E-state index in [2.05, 4.69) is 4.72 Å². The molecule has 3 N–H and O–H groups in total. The van der Waals surface area contributed by atoms with Crippen LogP contribution >= 0.6 is 0 Å². The standard InChI is InChI=1S/C14H22N2O3S/c1-10-8-12(9-15)4-5-13(10)20(17,18)16-14(3)6-7-19-11(14)2/h4-5,8,11,16H,6-7,9,15H2,1-3H3. The van der Waals surface area contributed by atoms with Crippen molar-refractivity contribution in [2.75, 3.05) is 6.61 Å². The summed E-state index contributed by atoms with van der Waals surface area (Å²) in [5.74, 6) is 0. The summed E-state index contributed by atoms with van der Waals surface area (Å²) in [4.78, 5) is 0.301. The molecule has 1 aliphatic heterocycles. The lowest BCUT2D eigenvalue weighted by atomic mass is 9.97. The Morgan fingerprint density at radius 3 is 2.70 bits per heavy atom. The number of sulfonamides is 1. The number of hydrogen-bond acceptors (Lipinski definition) is 4. The molecule has 1 aliphatic rings. The molecule has 2 rings (SSSR count). The molecule has 1 heterocycles. The van der Waals surface area contributed by atoms with Gasteiger partial charge < -0.3 is 10.5 Å². The molecule has 20 heavy (non-hydrogen) atoms. The van der Waals surface area contributed by atoms with Gasteiger partial charge in [-0.25, -0.2) is 13.1 Å². The average molecular weight is 298 g/mol. The molecule has 1 aromatic carbocycles. The predicted octanol–water partition coefficient (Wildman–Crippen LogP) is 1.30. The van der Waals surface area contributed by atoms with Crippen molar-refractivity contribution < 1.29 is 13.2 Å². The second-order valence-corrected chi connectivity index (χ2v) is 7.24. The van der Waals surface area contributed by atoms with E-state index in [1.165, 1.54) is 0 Å². The number of hydrogen-bond donors (Lipinski definition) is 2. The van der Waals surface area contributed by atoms with Gasteiger partial charge in [-0.3, -0.25) is 0 Å². The van der Waals surface area contributed by atoms with Gasteiger partial charge in [-0.15, -0.1) is 0 Å². The fourth-order valence-corrected chi connectivity index (χ4v) is 4.19. The molecule has 1 aromatic rings. The maximum Gasteiger partial charge on any atom is 0.241 e. The van der Waals surface area contributed by atoms with E-state index in [1.54, 1.807) is 19.1 Å². The number of aryl methyl sites for hydroxylation is 1. The lowest BCUT2D eigenvalue weighted by molar-refractivity contribution is 0.0957. The molecule has 1 saturated heterocycles. The number of nitrogens with two attached hydrogens (primary N) is 1. The van der Waals surface area contributed by atoms with Gasteiger partial charge in [-0.2, -0.15) is 0 Å². The van der Waals surface area contributed by atoms with Crippen LogP contribution in [0.15, 0.2) is 23.1 Å². The normalized spacial score (nSPS) is 26.9. The largest absolute Gasteiger partial charge is 0.376 e. The Morgan fingerprint density at radius 2 is 2.20 bits per heavy atom. The summed E-state index contributed by atoms with van der Waals surface area (Å²) in [5, 5.41) is 0. The highest BCUT2D eigenvalue weighted by Gasteiger charge is 2.40. The van der Waals surface area contributed by atoms with Crippen LogP contribution in [0.3, 0.4) is 0 Å². The highest BCUT2D eigenvalue weighted by molar-refractivity contribution is 7.89. The van der Waals surface area contributed by atoms with Gasteiger partial charge in [0.1, 0.15) is 0 Å². The zero-order valence-electron chi connectivity index (χ0n) is 12.1. The summed E-state index contributed by atoms with van der Waals surface area (Å²) < 4.78 is 33.4. The number of ether oxygens (including phenoxy) is 1. The maximum atomic E-state index is 12.6. The van der Waals surface area contributed by atoms with Crippen LogP contribution < -0.4 is 10.5 Å². The monoisotopic (exact) mass is 298 g/mol. The van der Waals surface area contributed by atoms with E-state index in [0.29, 0.717) is 30.0 Å². The molecule has 1 fully saturated rings. The molecular weight excluding hydrogens is 276 g/mol. The molecule has 112 valence electrons. The molecule has 0 aliphatic carbocycles. The molecule has 0 bridgehead atoms. The molecule has 0 saturated carbocycles. The van der Waals surface area contributed by atoms with Crippen molar-refractivity contribution in [2.45, 2.75) is 50.3 Å². The number of nitrogens with one attached hydrogen (secondary N) is 1. The predicted molar refractivity (Wildman–Crippen MR) is 77.8 cm³/mol. The first-order chi connectivity index (χ1) is 9.28. The summed E-state index contributed by atoms with van der Waals surface area (Å²) in [6.45, 7) is 6.53. The van der Waals surface area contributed by atoms with E-state index in [4.69, 9.17) is 10.5 Å². The smallest absolute Gasteiger partial charge is 0.241 e. The van der Waals surface area contributed by atoms with Crippen LogP contribution in [0.25, 0.3) is 0 Å². The van der Waals surface area contributed by atoms with E-state index >= 15 is 0 Å². The van der Waals surface area contributed by atoms with Crippen LogP contribution in [-0.2, 0) is 21.3 Å². The van der Waals surface area contributed by atoms with Crippen molar-refractivity contribution in [1.29, 1.82) is 0 Å². The van der Waals surface area contributed by atoms with Crippen LogP contribution in [0.2, 0.25) is 0 Å². The third-order valence-electron chi connectivity index (χ3n) is 4.02. The van der Waals surface area contributed by atoms with Gasteiger partial charge in [0.15, 0.2) is 0 Å². The van der Waals surface area contributed by atoms with Crippen LogP contribution in [-0.4, -0.2) is 26.7 Å². The quantitative estimate of drug-likeness (QED) is 0.878. The Kier molecular flexibility index (Phi) is 4.20. The lowest BCUT2D eigenvalue weighted by Crippen LogP contribution is -2.50. The minimum atomic E-state index is -3.56. The molecule has 0 spiro atoms. The van der Waals surface area contributed by atoms with E-state index in [0.717, 1.165) is 5.56 Å². The summed E-state index contributed by atoms with van der Waals surface area (Å²) in [6, 6.07) is 5.17. The summed E-state index contributed by atoms with van der Waals surface area (Å²) >= 11 is 0. The zero-order valence-corrected chi connectivity index (χ0v) is 13.0.